The second-order valence-corrected chi connectivity index (χ2v) is 10.5. The third-order valence-corrected chi connectivity index (χ3v) is 7.64. The molecular formula is C24H29N6O7P. The summed E-state index contributed by atoms with van der Waals surface area (Å²) in [4.78, 5) is 38.8. The number of rotatable bonds is 10. The number of anilines is 1. The number of nitrogens with two attached hydrogens (primary N) is 1. The number of esters is 1. The van der Waals surface area contributed by atoms with Gasteiger partial charge in [-0.3, -0.25) is 19.3 Å². The molecule has 1 unspecified atom stereocenters. The number of H-pyrrole nitrogens is 1. The highest BCUT2D eigenvalue weighted by Crippen LogP contribution is 2.49. The van der Waals surface area contributed by atoms with Crippen LogP contribution in [-0.2, 0) is 18.6 Å². The number of benzene rings is 1. The van der Waals surface area contributed by atoms with Crippen molar-refractivity contribution in [3.05, 3.63) is 53.1 Å². The van der Waals surface area contributed by atoms with Crippen molar-refractivity contribution in [2.24, 2.45) is 10.9 Å². The summed E-state index contributed by atoms with van der Waals surface area (Å²) in [5.41, 5.74) is 6.63. The number of nitrogens with zero attached hydrogens (tertiary/aromatic N) is 4. The van der Waals surface area contributed by atoms with E-state index in [0.717, 1.165) is 11.5 Å². The van der Waals surface area contributed by atoms with Gasteiger partial charge in [-0.15, -0.1) is 0 Å². The highest BCUT2D eigenvalue weighted by molar-refractivity contribution is 7.70. The van der Waals surface area contributed by atoms with Gasteiger partial charge in [-0.2, -0.15) is 4.98 Å². The van der Waals surface area contributed by atoms with Crippen LogP contribution in [0.4, 0.5) is 5.95 Å². The predicted octanol–water partition coefficient (Wildman–Crippen LogP) is 3.10. The number of ether oxygens (including phenoxy) is 2. The predicted molar refractivity (Wildman–Crippen MR) is 141 cm³/mol. The topological polar surface area (TPSA) is 173 Å². The molecule has 2 heterocycles. The fraction of sp³-hybridized carbons (Fsp3) is 0.375. The van der Waals surface area contributed by atoms with E-state index in [4.69, 9.17) is 19.5 Å². The van der Waals surface area contributed by atoms with Crippen molar-refractivity contribution in [2.45, 2.75) is 31.8 Å². The summed E-state index contributed by atoms with van der Waals surface area (Å²) in [5.74, 6) is 1.11. The van der Waals surface area contributed by atoms with E-state index in [0.29, 0.717) is 24.2 Å². The van der Waals surface area contributed by atoms with E-state index in [1.54, 1.807) is 28.8 Å². The molecule has 0 bridgehead atoms. The van der Waals surface area contributed by atoms with E-state index >= 15 is 0 Å². The molecule has 2 aromatic heterocycles. The van der Waals surface area contributed by atoms with Gasteiger partial charge < -0.3 is 24.3 Å². The molecule has 1 aliphatic rings. The molecule has 4 rings (SSSR count). The zero-order valence-electron chi connectivity index (χ0n) is 21.2. The van der Waals surface area contributed by atoms with Gasteiger partial charge in [0.15, 0.2) is 11.2 Å². The number of nitrogens with one attached hydrogen (secondary N) is 1. The summed E-state index contributed by atoms with van der Waals surface area (Å²) in [7, 11) is -1.18. The number of aliphatic imine (C=N–C) groups is 1. The van der Waals surface area contributed by atoms with Crippen molar-refractivity contribution < 1.29 is 27.9 Å². The van der Waals surface area contributed by atoms with Crippen LogP contribution >= 0.6 is 7.60 Å². The molecule has 1 saturated carbocycles. The molecule has 3 N–H and O–H groups in total. The molecule has 0 saturated heterocycles. The second kappa shape index (κ2) is 11.2. The largest absolute Gasteiger partial charge is 0.497 e. The van der Waals surface area contributed by atoms with Crippen LogP contribution < -0.4 is 20.6 Å². The molecule has 0 spiro atoms. The van der Waals surface area contributed by atoms with Gasteiger partial charge >= 0.3 is 13.6 Å². The quantitative estimate of drug-likeness (QED) is 0.167. The normalized spacial score (nSPS) is 19.9. The average molecular weight is 545 g/mol. The fourth-order valence-electron chi connectivity index (χ4n) is 4.15. The zero-order chi connectivity index (χ0) is 27.4. The third kappa shape index (κ3) is 5.79. The number of imidazole rings is 1. The first-order valence-corrected chi connectivity index (χ1v) is 13.4. The summed E-state index contributed by atoms with van der Waals surface area (Å²) in [6.07, 6.45) is 2.87. The fourth-order valence-corrected chi connectivity index (χ4v) is 5.49. The van der Waals surface area contributed by atoms with Crippen LogP contribution in [0.3, 0.4) is 0 Å². The number of aromatic amines is 1. The van der Waals surface area contributed by atoms with E-state index < -0.39 is 25.2 Å². The Hall–Kier alpha value is -3.96. The minimum atomic E-state index is -3.95. The van der Waals surface area contributed by atoms with Gasteiger partial charge in [-0.05, 0) is 49.6 Å². The smallest absolute Gasteiger partial charge is 0.421 e. The van der Waals surface area contributed by atoms with E-state index in [2.05, 4.69) is 31.3 Å². The van der Waals surface area contributed by atoms with Gasteiger partial charge in [-0.25, -0.2) is 14.3 Å². The van der Waals surface area contributed by atoms with E-state index in [-0.39, 0.29) is 35.8 Å². The number of fused-ring (bicyclic) bond motifs is 1. The van der Waals surface area contributed by atoms with Gasteiger partial charge in [0.25, 0.3) is 5.56 Å². The Morgan fingerprint density at radius 3 is 2.71 bits per heavy atom. The maximum absolute atomic E-state index is 13.7. The summed E-state index contributed by atoms with van der Waals surface area (Å²) in [6.45, 7) is 5.75. The number of methoxy groups -OCH3 is 2. The second-order valence-electron chi connectivity index (χ2n) is 8.71. The van der Waals surface area contributed by atoms with E-state index in [9.17, 15) is 14.2 Å². The Morgan fingerprint density at radius 1 is 1.32 bits per heavy atom. The monoisotopic (exact) mass is 544 g/mol. The van der Waals surface area contributed by atoms with Crippen LogP contribution in [0.5, 0.6) is 11.5 Å². The van der Waals surface area contributed by atoms with Crippen molar-refractivity contribution in [3.8, 4) is 11.5 Å². The first-order chi connectivity index (χ1) is 18.1. The molecule has 1 fully saturated rings. The van der Waals surface area contributed by atoms with Gasteiger partial charge in [-0.1, -0.05) is 6.58 Å². The van der Waals surface area contributed by atoms with E-state index in [1.807, 2.05) is 0 Å². The molecule has 202 valence electrons. The molecule has 1 aliphatic carbocycles. The van der Waals surface area contributed by atoms with Crippen molar-refractivity contribution in [1.82, 2.24) is 19.5 Å². The third-order valence-electron chi connectivity index (χ3n) is 6.25. The molecule has 4 atom stereocenters. The van der Waals surface area contributed by atoms with Crippen molar-refractivity contribution in [2.75, 3.05) is 26.6 Å². The lowest BCUT2D eigenvalue weighted by atomic mass is 10.0. The SMILES string of the molecule is C=C1[C@H](COP(=O)(C=N[C@@H](C)C(=O)OC)Oc2ccc(OC)cc2)CC[C@@H]1n1cnc2c(=O)[nH]c(N)nc21. The summed E-state index contributed by atoms with van der Waals surface area (Å²) in [5, 5.41) is 0. The Morgan fingerprint density at radius 2 is 2.03 bits per heavy atom. The Bertz CT molecular complexity index is 1470. The molecule has 13 nitrogen and oxygen atoms in total. The molecule has 14 heteroatoms. The van der Waals surface area contributed by atoms with Crippen LogP contribution in [0.15, 0.2) is 52.5 Å². The first-order valence-electron chi connectivity index (χ1n) is 11.7. The molecule has 0 amide bonds. The maximum atomic E-state index is 13.7. The summed E-state index contributed by atoms with van der Waals surface area (Å²) < 4.78 is 36.8. The Balaban J connectivity index is 1.52. The Labute approximate surface area is 218 Å². The summed E-state index contributed by atoms with van der Waals surface area (Å²) >= 11 is 0. The number of aromatic nitrogens is 4. The van der Waals surface area contributed by atoms with Crippen LogP contribution in [-0.4, -0.2) is 58.3 Å². The van der Waals surface area contributed by atoms with Crippen LogP contribution in [0.1, 0.15) is 25.8 Å². The van der Waals surface area contributed by atoms with E-state index in [1.165, 1.54) is 27.5 Å². The number of hydrogen-bond donors (Lipinski definition) is 2. The van der Waals surface area contributed by atoms with Gasteiger partial charge in [0.1, 0.15) is 23.5 Å². The lowest BCUT2D eigenvalue weighted by Crippen LogP contribution is -2.17. The van der Waals surface area contributed by atoms with Crippen molar-refractivity contribution in [3.63, 3.8) is 0 Å². The van der Waals surface area contributed by atoms with Crippen LogP contribution in [0.2, 0.25) is 0 Å². The number of carbonyl (C=O) groups is 1. The standard InChI is InChI=1S/C24H29N6O7P/c1-14-16(5-10-19(14)30-12-26-20-21(30)28-24(25)29-22(20)31)11-36-38(33,13-27-15(2)23(32)35-4)37-18-8-6-17(34-3)7-9-18/h6-9,12-13,15-16,19H,1,5,10-11H2,2-4H3,(H3,25,28,29,31)/t15-,16-,19-,38?/m0/s1. The first kappa shape index (κ1) is 27.1. The Kier molecular flexibility index (Phi) is 7.98. The molecule has 1 aromatic carbocycles. The molecule has 0 aliphatic heterocycles. The van der Waals surface area contributed by atoms with Gasteiger partial charge in [0.05, 0.1) is 33.2 Å². The highest BCUT2D eigenvalue weighted by Gasteiger charge is 2.34. The molecule has 38 heavy (non-hydrogen) atoms. The summed E-state index contributed by atoms with van der Waals surface area (Å²) in [6, 6.07) is 5.36. The minimum absolute atomic E-state index is 0.00941. The maximum Gasteiger partial charge on any atom is 0.421 e. The molecule has 3 aromatic rings. The zero-order valence-corrected chi connectivity index (χ0v) is 22.1. The highest BCUT2D eigenvalue weighted by atomic mass is 31.2. The molecular weight excluding hydrogens is 515 g/mol. The van der Waals surface area contributed by atoms with Crippen LogP contribution in [0, 0.1) is 5.92 Å². The lowest BCUT2D eigenvalue weighted by molar-refractivity contribution is -0.141. The minimum Gasteiger partial charge on any atom is -0.497 e. The van der Waals surface area contributed by atoms with Crippen molar-refractivity contribution in [1.29, 1.82) is 0 Å². The number of carbonyl (C=O) groups excluding carboxylic acids is 1. The average Bonchev–Trinajstić information content (AvgIpc) is 3.49. The lowest BCUT2D eigenvalue weighted by Gasteiger charge is -2.20. The number of nitrogen functional groups attached to an aromatic ring is 1. The van der Waals surface area contributed by atoms with Crippen molar-refractivity contribution >= 4 is 36.6 Å². The van der Waals surface area contributed by atoms with Gasteiger partial charge in [0.2, 0.25) is 5.95 Å². The molecule has 0 radical (unpaired) electrons. The van der Waals surface area contributed by atoms with Gasteiger partial charge in [0, 0.05) is 5.92 Å². The van der Waals surface area contributed by atoms with Crippen LogP contribution in [0.25, 0.3) is 11.2 Å². The number of hydrogen-bond acceptors (Lipinski definition) is 11.